The Hall–Kier alpha value is -9.71. The SMILES string of the molecule is CC(C)[C@H](NC(=O)[C@H](CC(N)=O)NC(=O)[C@H](CS)NC(=O)[C@H](C)NC(=O)[C@H](Cc1ccccc1)NC(=O)[C@@H](N)CCCCN)C(=O)N[C@H](C(=O)N[C@@H](CCCN=C(N)N)C(=O)N[C@@H](CCCCN)C(=O)N[C@@H](CS)C(=O)N[C@H](C(=O)N[C@H](C(=O)N[C@@H](Cc1cnc[nH]1)C(=O)N[C@@H](C)C(=O)O)[C@@H](C)O)C(C)C)C(C)C. The number of carboxylic acids is 1. The van der Waals surface area contributed by atoms with Gasteiger partial charge in [-0.05, 0) is 102 Å². The maximum Gasteiger partial charge on any atom is 0.325 e. The Bertz CT molecular complexity index is 3370. The number of aliphatic hydroxyl groups excluding tert-OH is 1. The largest absolute Gasteiger partial charge is 0.480 e. The molecule has 109 heavy (non-hydrogen) atoms. The summed E-state index contributed by atoms with van der Waals surface area (Å²) in [6, 6.07) is -11.5. The molecule has 39 nitrogen and oxygen atoms in total. The van der Waals surface area contributed by atoms with Gasteiger partial charge in [-0.15, -0.1) is 0 Å². The molecule has 0 aliphatic heterocycles. The molecule has 0 aliphatic rings. The molecule has 1 heterocycles. The van der Waals surface area contributed by atoms with Gasteiger partial charge in [0, 0.05) is 42.8 Å². The van der Waals surface area contributed by atoms with E-state index in [2.05, 4.69) is 109 Å². The number of carbonyl (C=O) groups is 15. The number of nitrogens with one attached hydrogen (secondary N) is 14. The summed E-state index contributed by atoms with van der Waals surface area (Å²) in [5.41, 5.74) is 35.2. The van der Waals surface area contributed by atoms with E-state index >= 15 is 0 Å². The molecule has 41 heteroatoms. The number of guanidine groups is 1. The number of hydrogen-bond acceptors (Lipinski definition) is 23. The van der Waals surface area contributed by atoms with Crippen molar-refractivity contribution in [2.24, 2.45) is 57.1 Å². The van der Waals surface area contributed by atoms with E-state index in [4.69, 9.17) is 34.4 Å². The molecule has 610 valence electrons. The van der Waals surface area contributed by atoms with Crippen molar-refractivity contribution in [3.05, 3.63) is 54.1 Å². The zero-order chi connectivity index (χ0) is 82.4. The van der Waals surface area contributed by atoms with Crippen LogP contribution >= 0.6 is 25.3 Å². The van der Waals surface area contributed by atoms with Gasteiger partial charge in [0.1, 0.15) is 78.5 Å². The summed E-state index contributed by atoms with van der Waals surface area (Å²) >= 11 is 8.51. The Morgan fingerprint density at radius 3 is 1.30 bits per heavy atom. The molecule has 1 aromatic heterocycles. The van der Waals surface area contributed by atoms with Crippen LogP contribution in [0.5, 0.6) is 0 Å². The van der Waals surface area contributed by atoms with Gasteiger partial charge in [0.25, 0.3) is 0 Å². The zero-order valence-corrected chi connectivity index (χ0v) is 64.8. The highest BCUT2D eigenvalue weighted by Crippen LogP contribution is 2.14. The number of aromatic nitrogens is 2. The number of hydrogen-bond donors (Lipinski definition) is 24. The third-order valence-electron chi connectivity index (χ3n) is 16.9. The summed E-state index contributed by atoms with van der Waals surface area (Å²) < 4.78 is 0. The molecule has 0 radical (unpaired) electrons. The molecule has 28 N–H and O–H groups in total. The first-order valence-corrected chi connectivity index (χ1v) is 37.2. The van der Waals surface area contributed by atoms with E-state index in [1.165, 1.54) is 47.1 Å². The molecule has 14 amide bonds. The van der Waals surface area contributed by atoms with Gasteiger partial charge in [0.05, 0.1) is 24.9 Å². The molecule has 15 atom stereocenters. The lowest BCUT2D eigenvalue weighted by molar-refractivity contribution is -0.142. The van der Waals surface area contributed by atoms with E-state index in [0.717, 1.165) is 0 Å². The maximum absolute atomic E-state index is 14.5. The van der Waals surface area contributed by atoms with Crippen molar-refractivity contribution in [1.82, 2.24) is 79.1 Å². The zero-order valence-electron chi connectivity index (χ0n) is 63.0. The second-order valence-electron chi connectivity index (χ2n) is 27.3. The van der Waals surface area contributed by atoms with Crippen molar-refractivity contribution in [2.75, 3.05) is 31.1 Å². The summed E-state index contributed by atoms with van der Waals surface area (Å²) in [5.74, 6) is -17.8. The van der Waals surface area contributed by atoms with Gasteiger partial charge in [0.2, 0.25) is 82.7 Å². The number of aliphatic imine (C=N–C) groups is 1. The molecule has 0 saturated carbocycles. The van der Waals surface area contributed by atoms with Crippen molar-refractivity contribution in [1.29, 1.82) is 0 Å². The van der Waals surface area contributed by atoms with Crippen LogP contribution < -0.4 is 104 Å². The summed E-state index contributed by atoms with van der Waals surface area (Å²) in [5, 5.41) is 52.7. The number of aliphatic carboxylic acids is 1. The highest BCUT2D eigenvalue weighted by Gasteiger charge is 2.39. The average Bonchev–Trinajstić information content (AvgIpc) is 1.22. The molecule has 2 aromatic rings. The lowest BCUT2D eigenvalue weighted by Gasteiger charge is -2.30. The van der Waals surface area contributed by atoms with E-state index in [9.17, 15) is 82.1 Å². The molecule has 2 rings (SSSR count). The Balaban J connectivity index is 2.37. The third kappa shape index (κ3) is 34.6. The van der Waals surface area contributed by atoms with Crippen molar-refractivity contribution >= 4 is 120 Å². The minimum atomic E-state index is -1.78. The Kier molecular flexibility index (Phi) is 43.2. The standard InChI is InChI=1S/C68H114N22O17S2/c1-33(2)50(89-64(103)51(34(3)4)87-60(99)46(28-49(72)92)83-61(100)47(30-108)85-54(93)36(7)78-58(97)44(26-39-18-11-10-12-19-39)82-55(94)41(71)20-13-15-23-69)63(102)81-43(22-17-25-76-68(73)74)56(95)80-42(21-14-16-24-70)57(96)86-48(31-109)62(101)88-52(35(5)6)65(104)90-53(38(9)91)66(105)84-45(27-40-29-75-32-77-40)59(98)79-37(8)67(106)107/h10-12,18-19,29,32-38,41-48,50-53,91,108-109H,13-17,20-28,30-31,69-71H2,1-9H3,(H2,72,92)(H,75,77)(H,78,97)(H,79,98)(H,80,95)(H,81,102)(H,82,94)(H,83,100)(H,84,105)(H,85,93)(H,86,96)(H,87,99)(H,88,101)(H,89,103)(H,90,104)(H,106,107)(H4,73,74,76)/t36-,37-,38+,41-,42-,43-,44-,45-,46-,47-,48-,50-,51-,52-,53-/m0/s1. The van der Waals surface area contributed by atoms with Gasteiger partial charge < -0.3 is 119 Å². The molecule has 0 aliphatic carbocycles. The van der Waals surface area contributed by atoms with E-state index in [0.29, 0.717) is 43.5 Å². The van der Waals surface area contributed by atoms with Crippen molar-refractivity contribution < 1.29 is 82.1 Å². The number of imidazole rings is 1. The summed E-state index contributed by atoms with van der Waals surface area (Å²) in [4.78, 5) is 216. The molecule has 0 unspecified atom stereocenters. The smallest absolute Gasteiger partial charge is 0.325 e. The topological polar surface area (TPSA) is 650 Å². The Morgan fingerprint density at radius 2 is 0.835 bits per heavy atom. The number of H-pyrrole nitrogens is 1. The normalized spacial score (nSPS) is 15.4. The van der Waals surface area contributed by atoms with Crippen molar-refractivity contribution in [3.63, 3.8) is 0 Å². The fraction of sp³-hybridized carbons (Fsp3) is 0.632. The molecule has 1 aromatic carbocycles. The number of aromatic amines is 1. The number of carboxylic acid groups (broad SMARTS) is 1. The summed E-state index contributed by atoms with van der Waals surface area (Å²) in [7, 11) is 0. The number of amides is 14. The first-order valence-electron chi connectivity index (χ1n) is 35.9. The highest BCUT2D eigenvalue weighted by atomic mass is 32.1. The highest BCUT2D eigenvalue weighted by molar-refractivity contribution is 7.80. The number of nitrogens with zero attached hydrogens (tertiary/aromatic N) is 2. The summed E-state index contributed by atoms with van der Waals surface area (Å²) in [6.45, 7) is 13.5. The number of primary amides is 1. The Labute approximate surface area is 644 Å². The minimum Gasteiger partial charge on any atom is -0.480 e. The van der Waals surface area contributed by atoms with Crippen molar-refractivity contribution in [3.8, 4) is 0 Å². The van der Waals surface area contributed by atoms with E-state index < -0.39 is 204 Å². The monoisotopic (exact) mass is 1570 g/mol. The van der Waals surface area contributed by atoms with Gasteiger partial charge in [-0.1, -0.05) is 78.3 Å². The van der Waals surface area contributed by atoms with E-state index in [1.807, 2.05) is 0 Å². The number of aliphatic hydroxyl groups is 1. The van der Waals surface area contributed by atoms with Crippen LogP contribution in [0.3, 0.4) is 0 Å². The lowest BCUT2D eigenvalue weighted by Crippen LogP contribution is -2.63. The van der Waals surface area contributed by atoms with Gasteiger partial charge in [-0.25, -0.2) is 4.98 Å². The van der Waals surface area contributed by atoms with Gasteiger partial charge in [0.15, 0.2) is 5.96 Å². The number of rotatable bonds is 51. The van der Waals surface area contributed by atoms with Crippen LogP contribution in [-0.4, -0.2) is 237 Å². The van der Waals surface area contributed by atoms with Crippen LogP contribution in [0.4, 0.5) is 0 Å². The lowest BCUT2D eigenvalue weighted by atomic mass is 9.98. The fourth-order valence-corrected chi connectivity index (χ4v) is 11.0. The maximum atomic E-state index is 14.5. The Morgan fingerprint density at radius 1 is 0.450 bits per heavy atom. The fourth-order valence-electron chi connectivity index (χ4n) is 10.5. The van der Waals surface area contributed by atoms with Crippen LogP contribution in [0.1, 0.15) is 131 Å². The van der Waals surface area contributed by atoms with E-state index in [1.54, 1.807) is 58.0 Å². The number of carbonyl (C=O) groups excluding carboxylic acids is 14. The van der Waals surface area contributed by atoms with Crippen LogP contribution in [0.15, 0.2) is 47.8 Å². The molecule has 0 bridgehead atoms. The quantitative estimate of drug-likeness (QED) is 0.0127. The van der Waals surface area contributed by atoms with Gasteiger partial charge >= 0.3 is 5.97 Å². The van der Waals surface area contributed by atoms with E-state index in [-0.39, 0.29) is 69.1 Å². The van der Waals surface area contributed by atoms with Crippen molar-refractivity contribution in [2.45, 2.75) is 224 Å². The second-order valence-corrected chi connectivity index (χ2v) is 28.0. The molecule has 0 spiro atoms. The van der Waals surface area contributed by atoms with Crippen LogP contribution in [0.2, 0.25) is 0 Å². The molecule has 0 saturated heterocycles. The van der Waals surface area contributed by atoms with Gasteiger partial charge in [-0.2, -0.15) is 25.3 Å². The number of benzene rings is 1. The second kappa shape index (κ2) is 49.4. The van der Waals surface area contributed by atoms with Crippen LogP contribution in [0, 0.1) is 17.8 Å². The minimum absolute atomic E-state index is 0.0186. The summed E-state index contributed by atoms with van der Waals surface area (Å²) in [6.07, 6.45) is 1.93. The number of thiol groups is 2. The predicted molar refractivity (Wildman–Crippen MR) is 408 cm³/mol. The number of nitrogens with two attached hydrogens (primary N) is 6. The molecular formula is C68H114N22O17S2. The third-order valence-corrected chi connectivity index (χ3v) is 17.7. The van der Waals surface area contributed by atoms with Gasteiger partial charge in [-0.3, -0.25) is 76.9 Å². The van der Waals surface area contributed by atoms with Crippen LogP contribution in [0.25, 0.3) is 0 Å². The first-order chi connectivity index (χ1) is 51.3. The van der Waals surface area contributed by atoms with Crippen LogP contribution in [-0.2, 0) is 84.8 Å². The average molecular weight is 1580 g/mol. The number of unbranched alkanes of at least 4 members (excludes halogenated alkanes) is 2. The molecular weight excluding hydrogens is 1460 g/mol. The first kappa shape index (κ1) is 95.4. The predicted octanol–water partition coefficient (Wildman–Crippen LogP) is -6.66. The molecule has 0 fully saturated rings.